The van der Waals surface area contributed by atoms with Crippen molar-refractivity contribution < 1.29 is 4.74 Å². The lowest BCUT2D eigenvalue weighted by atomic mass is 10.2. The van der Waals surface area contributed by atoms with Gasteiger partial charge in [0.15, 0.2) is 0 Å². The largest absolute Gasteiger partial charge is 0.487 e. The third kappa shape index (κ3) is 2.54. The predicted molar refractivity (Wildman–Crippen MR) is 66.4 cm³/mol. The van der Waals surface area contributed by atoms with Crippen LogP contribution in [0.15, 0.2) is 48.5 Å². The van der Waals surface area contributed by atoms with Crippen molar-refractivity contribution in [2.45, 2.75) is 13.5 Å². The minimum atomic E-state index is 0.550. The van der Waals surface area contributed by atoms with Gasteiger partial charge in [0.2, 0.25) is 0 Å². The van der Waals surface area contributed by atoms with Crippen molar-refractivity contribution in [2.24, 2.45) is 0 Å². The number of rotatable bonds is 3. The molecule has 0 atom stereocenters. The number of benzene rings is 2. The Balaban J connectivity index is 2.08. The fourth-order valence-corrected chi connectivity index (χ4v) is 1.50. The van der Waals surface area contributed by atoms with Crippen molar-refractivity contribution in [1.82, 2.24) is 0 Å². The molecule has 0 bridgehead atoms. The van der Waals surface area contributed by atoms with E-state index in [0.717, 1.165) is 16.9 Å². The number of hydrogen-bond donors (Lipinski definition) is 1. The van der Waals surface area contributed by atoms with Gasteiger partial charge in [-0.25, -0.2) is 0 Å². The van der Waals surface area contributed by atoms with Gasteiger partial charge in [-0.3, -0.25) is 0 Å². The van der Waals surface area contributed by atoms with E-state index in [1.54, 1.807) is 0 Å². The second-order valence-electron chi connectivity index (χ2n) is 3.82. The fourth-order valence-electron chi connectivity index (χ4n) is 1.50. The van der Waals surface area contributed by atoms with Crippen molar-refractivity contribution in [3.05, 3.63) is 59.7 Å². The summed E-state index contributed by atoms with van der Waals surface area (Å²) >= 11 is 0. The lowest BCUT2D eigenvalue weighted by Crippen LogP contribution is -1.98. The molecule has 2 aromatic rings. The Morgan fingerprint density at radius 1 is 1.06 bits per heavy atom. The number of anilines is 1. The van der Waals surface area contributed by atoms with Crippen molar-refractivity contribution >= 4 is 5.69 Å². The monoisotopic (exact) mass is 213 g/mol. The molecule has 0 aliphatic carbocycles. The van der Waals surface area contributed by atoms with Crippen LogP contribution in [0.1, 0.15) is 11.1 Å². The smallest absolute Gasteiger partial charge is 0.142 e. The summed E-state index contributed by atoms with van der Waals surface area (Å²) in [4.78, 5) is 0. The zero-order valence-electron chi connectivity index (χ0n) is 9.31. The second-order valence-corrected chi connectivity index (χ2v) is 3.82. The molecule has 2 N–H and O–H groups in total. The SMILES string of the molecule is Cc1ccc(N)c(OCc2ccccc2)c1. The minimum absolute atomic E-state index is 0.550. The van der Waals surface area contributed by atoms with E-state index in [-0.39, 0.29) is 0 Å². The molecule has 0 aliphatic rings. The summed E-state index contributed by atoms with van der Waals surface area (Å²) in [6.45, 7) is 2.57. The van der Waals surface area contributed by atoms with Gasteiger partial charge in [-0.05, 0) is 30.2 Å². The quantitative estimate of drug-likeness (QED) is 0.795. The van der Waals surface area contributed by atoms with E-state index in [9.17, 15) is 0 Å². The van der Waals surface area contributed by atoms with Crippen LogP contribution in [0.5, 0.6) is 5.75 Å². The first-order chi connectivity index (χ1) is 7.75. The van der Waals surface area contributed by atoms with Gasteiger partial charge in [-0.1, -0.05) is 36.4 Å². The Morgan fingerprint density at radius 3 is 2.56 bits per heavy atom. The van der Waals surface area contributed by atoms with Gasteiger partial charge in [0, 0.05) is 0 Å². The average molecular weight is 213 g/mol. The first-order valence-electron chi connectivity index (χ1n) is 5.28. The van der Waals surface area contributed by atoms with Crippen molar-refractivity contribution in [3.63, 3.8) is 0 Å². The molecule has 0 spiro atoms. The van der Waals surface area contributed by atoms with Crippen LogP contribution in [-0.2, 0) is 6.61 Å². The third-order valence-corrected chi connectivity index (χ3v) is 2.41. The van der Waals surface area contributed by atoms with Crippen LogP contribution in [0.2, 0.25) is 0 Å². The van der Waals surface area contributed by atoms with Crippen LogP contribution in [0.3, 0.4) is 0 Å². The molecular formula is C14H15NO. The predicted octanol–water partition coefficient (Wildman–Crippen LogP) is 3.16. The normalized spacial score (nSPS) is 10.1. The first-order valence-corrected chi connectivity index (χ1v) is 5.28. The van der Waals surface area contributed by atoms with Crippen LogP contribution in [0.4, 0.5) is 5.69 Å². The number of nitrogens with two attached hydrogens (primary N) is 1. The van der Waals surface area contributed by atoms with E-state index in [4.69, 9.17) is 10.5 Å². The van der Waals surface area contributed by atoms with Gasteiger partial charge in [0.1, 0.15) is 12.4 Å². The van der Waals surface area contributed by atoms with E-state index < -0.39 is 0 Å². The van der Waals surface area contributed by atoms with E-state index in [1.807, 2.05) is 55.5 Å². The standard InChI is InChI=1S/C14H15NO/c1-11-7-8-13(15)14(9-11)16-10-12-5-3-2-4-6-12/h2-9H,10,15H2,1H3. The summed E-state index contributed by atoms with van der Waals surface area (Å²) in [5.74, 6) is 0.754. The van der Waals surface area contributed by atoms with Crippen LogP contribution < -0.4 is 10.5 Å². The molecule has 0 saturated carbocycles. The second kappa shape index (κ2) is 4.71. The highest BCUT2D eigenvalue weighted by Crippen LogP contribution is 2.23. The maximum atomic E-state index is 5.83. The minimum Gasteiger partial charge on any atom is -0.487 e. The average Bonchev–Trinajstić information content (AvgIpc) is 2.32. The highest BCUT2D eigenvalue weighted by Gasteiger charge is 2.00. The van der Waals surface area contributed by atoms with Crippen molar-refractivity contribution in [1.29, 1.82) is 0 Å². The highest BCUT2D eigenvalue weighted by atomic mass is 16.5. The maximum absolute atomic E-state index is 5.83. The summed E-state index contributed by atoms with van der Waals surface area (Å²) in [6.07, 6.45) is 0. The summed E-state index contributed by atoms with van der Waals surface area (Å²) in [5, 5.41) is 0. The van der Waals surface area contributed by atoms with E-state index in [2.05, 4.69) is 0 Å². The summed E-state index contributed by atoms with van der Waals surface area (Å²) < 4.78 is 5.68. The van der Waals surface area contributed by atoms with E-state index in [1.165, 1.54) is 0 Å². The molecule has 0 aliphatic heterocycles. The fraction of sp³-hybridized carbons (Fsp3) is 0.143. The van der Waals surface area contributed by atoms with Crippen LogP contribution >= 0.6 is 0 Å². The van der Waals surface area contributed by atoms with E-state index >= 15 is 0 Å². The van der Waals surface area contributed by atoms with Crippen molar-refractivity contribution in [3.8, 4) is 5.75 Å². The Morgan fingerprint density at radius 2 is 1.81 bits per heavy atom. The van der Waals surface area contributed by atoms with Crippen molar-refractivity contribution in [2.75, 3.05) is 5.73 Å². The molecular weight excluding hydrogens is 198 g/mol. The Labute approximate surface area is 95.7 Å². The van der Waals surface area contributed by atoms with Gasteiger partial charge in [-0.15, -0.1) is 0 Å². The van der Waals surface area contributed by atoms with Gasteiger partial charge in [0.05, 0.1) is 5.69 Å². The molecule has 0 aromatic heterocycles. The molecule has 0 fully saturated rings. The van der Waals surface area contributed by atoms with Gasteiger partial charge in [0.25, 0.3) is 0 Å². The van der Waals surface area contributed by atoms with Crippen LogP contribution in [0.25, 0.3) is 0 Å². The molecule has 0 amide bonds. The summed E-state index contributed by atoms with van der Waals surface area (Å²) in [5.41, 5.74) is 8.80. The molecule has 0 heterocycles. The summed E-state index contributed by atoms with van der Waals surface area (Å²) in [7, 11) is 0. The van der Waals surface area contributed by atoms with E-state index in [0.29, 0.717) is 12.3 Å². The molecule has 2 heteroatoms. The Kier molecular flexibility index (Phi) is 3.10. The number of nitrogen functional groups attached to an aromatic ring is 1. The molecule has 0 saturated heterocycles. The maximum Gasteiger partial charge on any atom is 0.142 e. The van der Waals surface area contributed by atoms with Crippen LogP contribution in [-0.4, -0.2) is 0 Å². The zero-order valence-corrected chi connectivity index (χ0v) is 9.31. The number of ether oxygens (including phenoxy) is 1. The van der Waals surface area contributed by atoms with Gasteiger partial charge >= 0.3 is 0 Å². The summed E-state index contributed by atoms with van der Waals surface area (Å²) in [6, 6.07) is 15.9. The molecule has 0 radical (unpaired) electrons. The Bertz CT molecular complexity index is 465. The molecule has 16 heavy (non-hydrogen) atoms. The lowest BCUT2D eigenvalue weighted by Gasteiger charge is -2.09. The molecule has 2 nitrogen and oxygen atoms in total. The molecule has 0 unspecified atom stereocenters. The lowest BCUT2D eigenvalue weighted by molar-refractivity contribution is 0.308. The van der Waals surface area contributed by atoms with Gasteiger partial charge in [-0.2, -0.15) is 0 Å². The molecule has 2 aromatic carbocycles. The topological polar surface area (TPSA) is 35.2 Å². The highest BCUT2D eigenvalue weighted by molar-refractivity contribution is 5.53. The van der Waals surface area contributed by atoms with Crippen LogP contribution in [0, 0.1) is 6.92 Å². The van der Waals surface area contributed by atoms with Gasteiger partial charge < -0.3 is 10.5 Å². The molecule has 2 rings (SSSR count). The Hall–Kier alpha value is -1.96. The zero-order chi connectivity index (χ0) is 11.4. The number of aryl methyl sites for hydroxylation is 1. The molecule has 82 valence electrons. The first kappa shape index (κ1) is 10.6. The third-order valence-electron chi connectivity index (χ3n) is 2.41. The number of hydrogen-bond acceptors (Lipinski definition) is 2.